The van der Waals surface area contributed by atoms with Crippen molar-refractivity contribution in [1.82, 2.24) is 10.6 Å². The Kier molecular flexibility index (Phi) is 3.75. The summed E-state index contributed by atoms with van der Waals surface area (Å²) in [6.07, 6.45) is 2.47. The summed E-state index contributed by atoms with van der Waals surface area (Å²) in [7, 11) is -0.975. The van der Waals surface area contributed by atoms with Crippen molar-refractivity contribution >= 4 is 16.7 Å². The molecule has 2 rings (SSSR count). The highest BCUT2D eigenvalue weighted by atomic mass is 32.2. The Labute approximate surface area is 92.6 Å². The van der Waals surface area contributed by atoms with Crippen LogP contribution in [-0.2, 0) is 15.6 Å². The SMILES string of the molecule is O=C(CS(=O)CC1CNC1)NCC1CC1. The molecule has 2 fully saturated rings. The average Bonchev–Trinajstić information content (AvgIpc) is 2.91. The van der Waals surface area contributed by atoms with Gasteiger partial charge < -0.3 is 10.6 Å². The molecule has 1 saturated carbocycles. The molecule has 0 spiro atoms. The highest BCUT2D eigenvalue weighted by Crippen LogP contribution is 2.27. The van der Waals surface area contributed by atoms with Gasteiger partial charge in [-0.25, -0.2) is 0 Å². The van der Waals surface area contributed by atoms with Gasteiger partial charge >= 0.3 is 0 Å². The van der Waals surface area contributed by atoms with E-state index >= 15 is 0 Å². The monoisotopic (exact) mass is 230 g/mol. The van der Waals surface area contributed by atoms with E-state index in [1.807, 2.05) is 0 Å². The van der Waals surface area contributed by atoms with Crippen LogP contribution in [0.25, 0.3) is 0 Å². The van der Waals surface area contributed by atoms with Gasteiger partial charge in [0.15, 0.2) is 0 Å². The van der Waals surface area contributed by atoms with Crippen LogP contribution in [0.2, 0.25) is 0 Å². The van der Waals surface area contributed by atoms with Gasteiger partial charge in [-0.2, -0.15) is 0 Å². The summed E-state index contributed by atoms with van der Waals surface area (Å²) in [5.41, 5.74) is 0. The van der Waals surface area contributed by atoms with Crippen molar-refractivity contribution in [2.45, 2.75) is 12.8 Å². The molecule has 1 aliphatic heterocycles. The molecule has 1 atom stereocenters. The first-order valence-electron chi connectivity index (χ1n) is 5.56. The molecule has 2 aliphatic rings. The fourth-order valence-corrected chi connectivity index (χ4v) is 2.84. The average molecular weight is 230 g/mol. The molecule has 0 aromatic rings. The van der Waals surface area contributed by atoms with Crippen molar-refractivity contribution in [3.05, 3.63) is 0 Å². The van der Waals surface area contributed by atoms with Crippen molar-refractivity contribution in [3.63, 3.8) is 0 Å². The van der Waals surface area contributed by atoms with E-state index < -0.39 is 10.8 Å². The van der Waals surface area contributed by atoms with Gasteiger partial charge in [0, 0.05) is 36.2 Å². The topological polar surface area (TPSA) is 58.2 Å². The van der Waals surface area contributed by atoms with E-state index in [1.165, 1.54) is 12.8 Å². The number of amides is 1. The Hall–Kier alpha value is -0.420. The molecule has 15 heavy (non-hydrogen) atoms. The Morgan fingerprint density at radius 3 is 2.60 bits per heavy atom. The zero-order chi connectivity index (χ0) is 10.7. The normalized spacial score (nSPS) is 23.2. The summed E-state index contributed by atoms with van der Waals surface area (Å²) in [5, 5.41) is 5.97. The molecule has 4 nitrogen and oxygen atoms in total. The van der Waals surface area contributed by atoms with E-state index in [0.29, 0.717) is 17.6 Å². The molecular formula is C10H18N2O2S. The highest BCUT2D eigenvalue weighted by molar-refractivity contribution is 7.85. The Morgan fingerprint density at radius 2 is 2.07 bits per heavy atom. The lowest BCUT2D eigenvalue weighted by Crippen LogP contribution is -2.45. The maximum absolute atomic E-state index is 11.5. The van der Waals surface area contributed by atoms with Crippen LogP contribution in [-0.4, -0.2) is 41.3 Å². The molecule has 5 heteroatoms. The maximum Gasteiger partial charge on any atom is 0.232 e. The van der Waals surface area contributed by atoms with E-state index in [1.54, 1.807) is 0 Å². The Balaban J connectivity index is 1.56. The van der Waals surface area contributed by atoms with Crippen molar-refractivity contribution in [3.8, 4) is 0 Å². The molecule has 86 valence electrons. The van der Waals surface area contributed by atoms with Gasteiger partial charge in [0.2, 0.25) is 5.91 Å². The minimum absolute atomic E-state index is 0.0486. The van der Waals surface area contributed by atoms with Gasteiger partial charge in [0.05, 0.1) is 0 Å². The van der Waals surface area contributed by atoms with Gasteiger partial charge in [-0.05, 0) is 24.7 Å². The van der Waals surface area contributed by atoms with Crippen molar-refractivity contribution in [2.75, 3.05) is 31.1 Å². The maximum atomic E-state index is 11.5. The third-order valence-electron chi connectivity index (χ3n) is 2.86. The van der Waals surface area contributed by atoms with Crippen LogP contribution in [0.1, 0.15) is 12.8 Å². The highest BCUT2D eigenvalue weighted by Gasteiger charge is 2.23. The molecule has 0 radical (unpaired) electrons. The van der Waals surface area contributed by atoms with Crippen LogP contribution in [0, 0.1) is 11.8 Å². The van der Waals surface area contributed by atoms with Gasteiger partial charge in [-0.3, -0.25) is 9.00 Å². The molecule has 1 amide bonds. The zero-order valence-corrected chi connectivity index (χ0v) is 9.65. The second kappa shape index (κ2) is 5.07. The molecule has 2 N–H and O–H groups in total. The van der Waals surface area contributed by atoms with E-state index in [4.69, 9.17) is 0 Å². The molecule has 0 bridgehead atoms. The van der Waals surface area contributed by atoms with Crippen LogP contribution in [0.3, 0.4) is 0 Å². The van der Waals surface area contributed by atoms with Gasteiger partial charge in [-0.1, -0.05) is 0 Å². The van der Waals surface area contributed by atoms with E-state index in [2.05, 4.69) is 10.6 Å². The van der Waals surface area contributed by atoms with Crippen molar-refractivity contribution < 1.29 is 9.00 Å². The molecule has 1 unspecified atom stereocenters. The lowest BCUT2D eigenvalue weighted by Gasteiger charge is -2.26. The first-order valence-corrected chi connectivity index (χ1v) is 7.05. The third kappa shape index (κ3) is 3.91. The summed E-state index contributed by atoms with van der Waals surface area (Å²) >= 11 is 0. The number of rotatable bonds is 6. The summed E-state index contributed by atoms with van der Waals surface area (Å²) in [6.45, 7) is 2.69. The first kappa shape index (κ1) is 11.1. The molecule has 1 aliphatic carbocycles. The minimum Gasteiger partial charge on any atom is -0.355 e. The fourth-order valence-electron chi connectivity index (χ4n) is 1.57. The molecule has 1 heterocycles. The lowest BCUT2D eigenvalue weighted by molar-refractivity contribution is -0.118. The van der Waals surface area contributed by atoms with Crippen LogP contribution < -0.4 is 10.6 Å². The minimum atomic E-state index is -0.975. The number of hydrogen-bond donors (Lipinski definition) is 2. The summed E-state index contributed by atoms with van der Waals surface area (Å²) < 4.78 is 11.5. The molecule has 0 aromatic heterocycles. The molecule has 1 saturated heterocycles. The van der Waals surface area contributed by atoms with Crippen LogP contribution in [0.5, 0.6) is 0 Å². The van der Waals surface area contributed by atoms with Crippen LogP contribution in [0.4, 0.5) is 0 Å². The third-order valence-corrected chi connectivity index (χ3v) is 4.29. The zero-order valence-electron chi connectivity index (χ0n) is 8.83. The second-order valence-electron chi connectivity index (χ2n) is 4.52. The summed E-state index contributed by atoms with van der Waals surface area (Å²) in [4.78, 5) is 11.4. The van der Waals surface area contributed by atoms with E-state index in [0.717, 1.165) is 19.6 Å². The predicted octanol–water partition coefficient (Wildman–Crippen LogP) is -0.519. The van der Waals surface area contributed by atoms with Crippen molar-refractivity contribution in [1.29, 1.82) is 0 Å². The molecule has 0 aromatic carbocycles. The first-order chi connectivity index (χ1) is 7.24. The number of carbonyl (C=O) groups is 1. The number of hydrogen-bond acceptors (Lipinski definition) is 3. The second-order valence-corrected chi connectivity index (χ2v) is 6.02. The fraction of sp³-hybridized carbons (Fsp3) is 0.900. The molecular weight excluding hydrogens is 212 g/mol. The standard InChI is InChI=1S/C10H18N2O2S/c13-10(12-5-8-1-2-8)7-15(14)6-9-3-11-4-9/h8-9,11H,1-7H2,(H,12,13). The number of carbonyl (C=O) groups excluding carboxylic acids is 1. The number of nitrogens with one attached hydrogen (secondary N) is 2. The largest absolute Gasteiger partial charge is 0.355 e. The van der Waals surface area contributed by atoms with Crippen LogP contribution in [0.15, 0.2) is 0 Å². The van der Waals surface area contributed by atoms with E-state index in [-0.39, 0.29) is 11.7 Å². The van der Waals surface area contributed by atoms with Gasteiger partial charge in [-0.15, -0.1) is 0 Å². The predicted molar refractivity (Wildman–Crippen MR) is 60.0 cm³/mol. The van der Waals surface area contributed by atoms with Gasteiger partial charge in [0.25, 0.3) is 0 Å². The Bertz CT molecular complexity index is 262. The van der Waals surface area contributed by atoms with Crippen LogP contribution >= 0.6 is 0 Å². The lowest BCUT2D eigenvalue weighted by atomic mass is 10.1. The van der Waals surface area contributed by atoms with Gasteiger partial charge in [0.1, 0.15) is 5.75 Å². The Morgan fingerprint density at radius 1 is 1.33 bits per heavy atom. The van der Waals surface area contributed by atoms with E-state index in [9.17, 15) is 9.00 Å². The summed E-state index contributed by atoms with van der Waals surface area (Å²) in [6, 6.07) is 0. The summed E-state index contributed by atoms with van der Waals surface area (Å²) in [5.74, 6) is 2.01. The smallest absolute Gasteiger partial charge is 0.232 e. The van der Waals surface area contributed by atoms with Crippen molar-refractivity contribution in [2.24, 2.45) is 11.8 Å². The quantitative estimate of drug-likeness (QED) is 0.645.